The summed E-state index contributed by atoms with van der Waals surface area (Å²) in [5, 5.41) is 21.9. The van der Waals surface area contributed by atoms with Gasteiger partial charge in [0.1, 0.15) is 11.8 Å². The fourth-order valence-corrected chi connectivity index (χ4v) is 3.83. The highest BCUT2D eigenvalue weighted by molar-refractivity contribution is 6.46. The van der Waals surface area contributed by atoms with Gasteiger partial charge in [-0.25, -0.2) is 0 Å². The predicted octanol–water partition coefficient (Wildman–Crippen LogP) is 4.63. The number of likely N-dealkylation sites (tertiary alicyclic amines) is 1. The summed E-state index contributed by atoms with van der Waals surface area (Å²) in [6.45, 7) is -0.354. The number of aliphatic hydroxyl groups excluding tert-OH is 1. The number of nitro groups is 1. The molecule has 4 rings (SSSR count). The molecule has 1 aromatic heterocycles. The summed E-state index contributed by atoms with van der Waals surface area (Å²) in [5.74, 6) is -2.66. The van der Waals surface area contributed by atoms with E-state index in [2.05, 4.69) is 4.98 Å². The van der Waals surface area contributed by atoms with Crippen LogP contribution in [0.15, 0.2) is 78.5 Å². The number of non-ortho nitro benzene ring substituents is 1. The molecule has 3 aromatic rings. The first-order valence-electron chi connectivity index (χ1n) is 10.2. The molecule has 1 amide bonds. The van der Waals surface area contributed by atoms with Crippen LogP contribution in [0, 0.1) is 10.1 Å². The fraction of sp³-hybridized carbons (Fsp3) is 0.125. The van der Waals surface area contributed by atoms with Crippen molar-refractivity contribution in [3.63, 3.8) is 0 Å². The average molecular weight is 483 g/mol. The van der Waals surface area contributed by atoms with Crippen LogP contribution in [0.25, 0.3) is 5.76 Å². The predicted molar refractivity (Wildman–Crippen MR) is 117 cm³/mol. The molecule has 1 N–H and O–H groups in total. The molecule has 0 bridgehead atoms. The Kier molecular flexibility index (Phi) is 6.08. The summed E-state index contributed by atoms with van der Waals surface area (Å²) < 4.78 is 39.5. The monoisotopic (exact) mass is 483 g/mol. The van der Waals surface area contributed by atoms with Crippen LogP contribution < -0.4 is 0 Å². The molecule has 178 valence electrons. The number of pyridine rings is 1. The molecule has 0 aliphatic carbocycles. The van der Waals surface area contributed by atoms with Gasteiger partial charge in [-0.15, -0.1) is 0 Å². The lowest BCUT2D eigenvalue weighted by molar-refractivity contribution is -0.384. The first kappa shape index (κ1) is 23.6. The Bertz CT molecular complexity index is 1340. The number of amides is 1. The van der Waals surface area contributed by atoms with Crippen LogP contribution in [0.5, 0.6) is 0 Å². The molecule has 1 aliphatic heterocycles. The normalized spacial score (nSPS) is 17.6. The number of carbonyl (C=O) groups excluding carboxylic acids is 2. The maximum absolute atomic E-state index is 13.2. The number of aliphatic hydroxyl groups is 1. The smallest absolute Gasteiger partial charge is 0.416 e. The van der Waals surface area contributed by atoms with E-state index in [4.69, 9.17) is 0 Å². The van der Waals surface area contributed by atoms with E-state index in [1.807, 2.05) is 0 Å². The van der Waals surface area contributed by atoms with Gasteiger partial charge in [-0.3, -0.25) is 24.7 Å². The van der Waals surface area contributed by atoms with Crippen molar-refractivity contribution in [3.8, 4) is 0 Å². The third-order valence-corrected chi connectivity index (χ3v) is 5.47. The van der Waals surface area contributed by atoms with Crippen LogP contribution in [0.3, 0.4) is 0 Å². The van der Waals surface area contributed by atoms with E-state index in [1.54, 1.807) is 12.1 Å². The SMILES string of the molecule is O=C1C(=O)N(Cc2cccc(C(F)(F)F)c2)C(c2ccccn2)/C1=C(\O)c1ccc([N+](=O)[O-])cc1. The van der Waals surface area contributed by atoms with Gasteiger partial charge >= 0.3 is 6.18 Å². The van der Waals surface area contributed by atoms with E-state index in [0.717, 1.165) is 29.2 Å². The van der Waals surface area contributed by atoms with Crippen molar-refractivity contribution >= 4 is 23.1 Å². The van der Waals surface area contributed by atoms with Crippen LogP contribution in [0.4, 0.5) is 18.9 Å². The highest BCUT2D eigenvalue weighted by Gasteiger charge is 2.47. The van der Waals surface area contributed by atoms with Gasteiger partial charge in [0.2, 0.25) is 0 Å². The second-order valence-electron chi connectivity index (χ2n) is 7.68. The van der Waals surface area contributed by atoms with E-state index in [1.165, 1.54) is 36.5 Å². The molecule has 1 aliphatic rings. The summed E-state index contributed by atoms with van der Waals surface area (Å²) >= 11 is 0. The van der Waals surface area contributed by atoms with E-state index in [0.29, 0.717) is 0 Å². The van der Waals surface area contributed by atoms with E-state index in [-0.39, 0.29) is 34.6 Å². The maximum Gasteiger partial charge on any atom is 0.416 e. The number of carbonyl (C=O) groups is 2. The van der Waals surface area contributed by atoms with Gasteiger partial charge in [0.25, 0.3) is 17.4 Å². The number of hydrogen-bond acceptors (Lipinski definition) is 6. The lowest BCUT2D eigenvalue weighted by Gasteiger charge is -2.25. The largest absolute Gasteiger partial charge is 0.507 e. The van der Waals surface area contributed by atoms with Crippen LogP contribution in [0.1, 0.15) is 28.4 Å². The van der Waals surface area contributed by atoms with Crippen molar-refractivity contribution < 1.29 is 32.8 Å². The summed E-state index contributed by atoms with van der Waals surface area (Å²) in [6, 6.07) is 12.6. The van der Waals surface area contributed by atoms with Gasteiger partial charge < -0.3 is 10.0 Å². The third-order valence-electron chi connectivity index (χ3n) is 5.47. The highest BCUT2D eigenvalue weighted by atomic mass is 19.4. The lowest BCUT2D eigenvalue weighted by atomic mass is 9.98. The molecule has 0 spiro atoms. The number of alkyl halides is 3. The second-order valence-corrected chi connectivity index (χ2v) is 7.68. The molecule has 2 heterocycles. The van der Waals surface area contributed by atoms with Crippen molar-refractivity contribution in [2.45, 2.75) is 18.8 Å². The van der Waals surface area contributed by atoms with Crippen LogP contribution >= 0.6 is 0 Å². The number of nitro benzene ring substituents is 1. The number of Topliss-reactive ketones (excluding diaryl/α,β-unsaturated/α-hetero) is 1. The molecule has 0 saturated carbocycles. The summed E-state index contributed by atoms with van der Waals surface area (Å²) in [7, 11) is 0. The molecule has 1 fully saturated rings. The second kappa shape index (κ2) is 9.01. The quantitative estimate of drug-likeness (QED) is 0.186. The van der Waals surface area contributed by atoms with Gasteiger partial charge in [0, 0.05) is 30.4 Å². The Hall–Kier alpha value is -4.54. The molecule has 11 heteroatoms. The number of aromatic nitrogens is 1. The minimum absolute atomic E-state index is 0.0496. The van der Waals surface area contributed by atoms with Crippen LogP contribution in [-0.4, -0.2) is 31.6 Å². The molecule has 1 atom stereocenters. The Balaban J connectivity index is 1.81. The Morgan fingerprint density at radius 2 is 1.77 bits per heavy atom. The van der Waals surface area contributed by atoms with Gasteiger partial charge in [0.15, 0.2) is 0 Å². The molecular weight excluding hydrogens is 467 g/mol. The number of hydrogen-bond donors (Lipinski definition) is 1. The Morgan fingerprint density at radius 1 is 1.06 bits per heavy atom. The van der Waals surface area contributed by atoms with E-state index in [9.17, 15) is 38.0 Å². The number of ketones is 1. The molecule has 1 saturated heterocycles. The Labute approximate surface area is 196 Å². The molecule has 2 aromatic carbocycles. The number of nitrogens with zero attached hydrogens (tertiary/aromatic N) is 3. The molecule has 35 heavy (non-hydrogen) atoms. The minimum Gasteiger partial charge on any atom is -0.507 e. The topological polar surface area (TPSA) is 114 Å². The van der Waals surface area contributed by atoms with Gasteiger partial charge in [0.05, 0.1) is 21.8 Å². The first-order valence-corrected chi connectivity index (χ1v) is 10.2. The zero-order valence-electron chi connectivity index (χ0n) is 17.8. The van der Waals surface area contributed by atoms with Crippen LogP contribution in [0.2, 0.25) is 0 Å². The zero-order chi connectivity index (χ0) is 25.3. The number of rotatable bonds is 5. The summed E-state index contributed by atoms with van der Waals surface area (Å²) in [5.41, 5.74) is -1.09. The minimum atomic E-state index is -4.60. The maximum atomic E-state index is 13.2. The van der Waals surface area contributed by atoms with Crippen molar-refractivity contribution in [1.82, 2.24) is 9.88 Å². The molecule has 1 unspecified atom stereocenters. The molecular formula is C24H16F3N3O5. The standard InChI is InChI=1S/C24H16F3N3O5/c25-24(26,27)16-5-3-4-14(12-16)13-29-20(18-6-1-2-11-28-18)19(22(32)23(29)33)21(31)15-7-9-17(10-8-15)30(34)35/h1-12,20,31H,13H2/b21-19+. The number of benzene rings is 2. The van der Waals surface area contributed by atoms with E-state index < -0.39 is 40.2 Å². The third kappa shape index (κ3) is 4.60. The molecule has 8 nitrogen and oxygen atoms in total. The summed E-state index contributed by atoms with van der Waals surface area (Å²) in [4.78, 5) is 41.4. The van der Waals surface area contributed by atoms with Crippen molar-refractivity contribution in [2.24, 2.45) is 0 Å². The summed E-state index contributed by atoms with van der Waals surface area (Å²) in [6.07, 6.45) is -3.19. The first-order chi connectivity index (χ1) is 16.6. The lowest BCUT2D eigenvalue weighted by Crippen LogP contribution is -2.29. The van der Waals surface area contributed by atoms with Crippen LogP contribution in [-0.2, 0) is 22.3 Å². The molecule has 0 radical (unpaired) electrons. The highest BCUT2D eigenvalue weighted by Crippen LogP contribution is 2.40. The van der Waals surface area contributed by atoms with Crippen molar-refractivity contribution in [3.05, 3.63) is 111 Å². The Morgan fingerprint density at radius 3 is 2.37 bits per heavy atom. The van der Waals surface area contributed by atoms with Crippen molar-refractivity contribution in [1.29, 1.82) is 0 Å². The van der Waals surface area contributed by atoms with Gasteiger partial charge in [-0.2, -0.15) is 13.2 Å². The number of halogens is 3. The average Bonchev–Trinajstić information content (AvgIpc) is 3.09. The van der Waals surface area contributed by atoms with Gasteiger partial charge in [-0.1, -0.05) is 18.2 Å². The fourth-order valence-electron chi connectivity index (χ4n) is 3.83. The van der Waals surface area contributed by atoms with E-state index >= 15 is 0 Å². The van der Waals surface area contributed by atoms with Gasteiger partial charge in [-0.05, 0) is 42.0 Å². The zero-order valence-corrected chi connectivity index (χ0v) is 17.8. The van der Waals surface area contributed by atoms with Crippen molar-refractivity contribution in [2.75, 3.05) is 0 Å².